The van der Waals surface area contributed by atoms with Crippen LogP contribution in [0.3, 0.4) is 0 Å². The van der Waals surface area contributed by atoms with Crippen LogP contribution in [0.4, 0.5) is 21.8 Å². The fraction of sp³-hybridized carbons (Fsp3) is 0.481. The second-order valence-electron chi connectivity index (χ2n) is 20.4. The number of piperazine rings is 1. The third-order valence-corrected chi connectivity index (χ3v) is 16.5. The minimum absolute atomic E-state index is 0.0423. The van der Waals surface area contributed by atoms with Crippen molar-refractivity contribution in [2.75, 3.05) is 48.8 Å². The largest absolute Gasteiger partial charge is 0.507 e. The Morgan fingerprint density at radius 1 is 0.973 bits per heavy atom. The Kier molecular flexibility index (Phi) is 14.6. The summed E-state index contributed by atoms with van der Waals surface area (Å²) in [5.41, 5.74) is 11.8. The van der Waals surface area contributed by atoms with Gasteiger partial charge in [0, 0.05) is 75.1 Å². The van der Waals surface area contributed by atoms with E-state index in [4.69, 9.17) is 15.7 Å². The van der Waals surface area contributed by atoms with Gasteiger partial charge in [-0.2, -0.15) is 0 Å². The number of aromatic hydroxyl groups is 1. The van der Waals surface area contributed by atoms with E-state index in [2.05, 4.69) is 59.4 Å². The molecular weight excluding hydrogens is 948 g/mol. The maximum atomic E-state index is 15.1. The number of phenolic OH excluding ortho intramolecular Hbond substituents is 1. The van der Waals surface area contributed by atoms with Crippen LogP contribution in [0.5, 0.6) is 5.75 Å². The summed E-state index contributed by atoms with van der Waals surface area (Å²) >= 11 is 1.57. The monoisotopic (exact) mass is 1010 g/mol. The number of nitrogens with zero attached hydrogens (tertiary/aromatic N) is 9. The van der Waals surface area contributed by atoms with E-state index in [1.165, 1.54) is 4.90 Å². The summed E-state index contributed by atoms with van der Waals surface area (Å²) in [6.45, 7) is 4.45. The number of aliphatic hydroxyl groups excluding tert-OH is 1. The van der Waals surface area contributed by atoms with Gasteiger partial charge in [0.05, 0.1) is 39.1 Å². The second-order valence-corrected chi connectivity index (χ2v) is 21.3. The number of hydrogen-bond donors (Lipinski definition) is 5. The van der Waals surface area contributed by atoms with Gasteiger partial charge in [-0.25, -0.2) is 19.3 Å². The molecule has 6 N–H and O–H groups in total. The van der Waals surface area contributed by atoms with Gasteiger partial charge in [0.1, 0.15) is 17.8 Å². The first-order valence-corrected chi connectivity index (χ1v) is 26.4. The quantitative estimate of drug-likeness (QED) is 0.0656. The highest BCUT2D eigenvalue weighted by Gasteiger charge is 2.53. The number of anilines is 3. The Labute approximate surface area is 428 Å². The molecule has 3 amide bonds. The molecule has 2 aromatic carbocycles. The van der Waals surface area contributed by atoms with E-state index in [0.29, 0.717) is 42.3 Å². The molecule has 2 bridgehead atoms. The van der Waals surface area contributed by atoms with Gasteiger partial charge >= 0.3 is 0 Å². The van der Waals surface area contributed by atoms with Crippen molar-refractivity contribution in [2.45, 2.75) is 126 Å². The third-order valence-electron chi connectivity index (χ3n) is 15.5. The number of rotatable bonds is 15. The average Bonchev–Trinajstić information content (AvgIpc) is 3.66. The molecule has 5 aliphatic rings. The number of benzene rings is 2. The lowest BCUT2D eigenvalue weighted by Crippen LogP contribution is -2.58. The van der Waals surface area contributed by atoms with Crippen molar-refractivity contribution < 1.29 is 29.0 Å². The summed E-state index contributed by atoms with van der Waals surface area (Å²) in [5, 5.41) is 35.4. The molecule has 6 heterocycles. The van der Waals surface area contributed by atoms with Gasteiger partial charge in [-0.1, -0.05) is 48.2 Å². The third kappa shape index (κ3) is 11.0. The van der Waals surface area contributed by atoms with Crippen molar-refractivity contribution in [3.8, 4) is 39.3 Å². The number of aryl methyl sites for hydroxylation is 1. The second kappa shape index (κ2) is 21.4. The Morgan fingerprint density at radius 3 is 2.38 bits per heavy atom. The number of halogens is 1. The van der Waals surface area contributed by atoms with E-state index in [0.717, 1.165) is 84.7 Å². The van der Waals surface area contributed by atoms with Gasteiger partial charge in [0.25, 0.3) is 5.91 Å². The molecule has 3 aromatic heterocycles. The lowest BCUT2D eigenvalue weighted by Gasteiger charge is -2.42. The van der Waals surface area contributed by atoms with Crippen LogP contribution in [0.2, 0.25) is 0 Å². The zero-order chi connectivity index (χ0) is 50.8. The van der Waals surface area contributed by atoms with Crippen molar-refractivity contribution in [3.05, 3.63) is 89.3 Å². The molecule has 19 heteroatoms. The first kappa shape index (κ1) is 49.8. The molecule has 5 atom stereocenters. The molecule has 5 aromatic rings. The minimum Gasteiger partial charge on any atom is -0.507 e. The number of β-amino-alcohol motifs (C(OH)–C–C–N with tert-alkyl or cyclic N) is 1. The maximum absolute atomic E-state index is 15.1. The molecular formula is C54H63FN12O5S. The molecule has 3 aliphatic heterocycles. The standard InChI is InChI=1S/C54H63FN12O5S/c1-33-48(73-32-60-33)37-13-11-34(12-14-37)26-57-50(70)45-24-41(68)31-66(45)51(71)47(61-52(72)54(55)21-22-54)36-15-17-38(18-16-36)64(2)23-7-3-4-8-35-27-58-53(59-28-35)67-39-19-20-40(67)30-65(29-39)44-25-43(62-63-49(44)56)42-9-5-6-10-46(42)69/h5-6,9-14,25,27-28,32,36,38-41,45,47,68-69H,3,7,15-24,26,29-31H2,1-2H3,(H2,56,63)(H,57,70)(H,61,72)/t36?,38?,39?,40?,41-,45+,47+/m1/s1. The number of amides is 3. The van der Waals surface area contributed by atoms with E-state index in [9.17, 15) is 24.6 Å². The summed E-state index contributed by atoms with van der Waals surface area (Å²) in [6.07, 6.45) is 9.41. The van der Waals surface area contributed by atoms with Crippen LogP contribution in [0.25, 0.3) is 21.7 Å². The normalized spacial score (nSPS) is 23.4. The molecule has 17 nitrogen and oxygen atoms in total. The lowest BCUT2D eigenvalue weighted by molar-refractivity contribution is -0.144. The molecule has 5 fully saturated rings. The summed E-state index contributed by atoms with van der Waals surface area (Å²) in [6, 6.07) is 15.6. The molecule has 0 spiro atoms. The van der Waals surface area contributed by atoms with Gasteiger partial charge in [-0.3, -0.25) is 14.4 Å². The Bertz CT molecular complexity index is 2850. The number of nitrogens with one attached hydrogen (secondary N) is 2. The first-order chi connectivity index (χ1) is 35.3. The smallest absolute Gasteiger partial charge is 0.258 e. The molecule has 10 rings (SSSR count). The highest BCUT2D eigenvalue weighted by molar-refractivity contribution is 7.13. The van der Waals surface area contributed by atoms with Crippen LogP contribution in [0, 0.1) is 24.7 Å². The zero-order valence-electron chi connectivity index (χ0n) is 41.3. The zero-order valence-corrected chi connectivity index (χ0v) is 42.1. The number of para-hydroxylation sites is 1. The number of carbonyl (C=O) groups excluding carboxylic acids is 3. The van der Waals surface area contributed by atoms with E-state index in [1.807, 2.05) is 54.9 Å². The number of aromatic nitrogens is 5. The van der Waals surface area contributed by atoms with Crippen molar-refractivity contribution >= 4 is 46.5 Å². The van der Waals surface area contributed by atoms with Crippen molar-refractivity contribution in [2.24, 2.45) is 5.92 Å². The number of likely N-dealkylation sites (tertiary alicyclic amines) is 1. The molecule has 2 saturated carbocycles. The molecule has 2 aliphatic carbocycles. The number of nitrogens with two attached hydrogens (primary N) is 1. The molecule has 2 unspecified atom stereocenters. The highest BCUT2D eigenvalue weighted by Crippen LogP contribution is 2.41. The van der Waals surface area contributed by atoms with Gasteiger partial charge in [0.2, 0.25) is 17.8 Å². The number of hydrogen-bond acceptors (Lipinski definition) is 15. The molecule has 3 saturated heterocycles. The molecule has 0 radical (unpaired) electrons. The van der Waals surface area contributed by atoms with Gasteiger partial charge in [-0.15, -0.1) is 21.5 Å². The van der Waals surface area contributed by atoms with Crippen LogP contribution >= 0.6 is 11.3 Å². The van der Waals surface area contributed by atoms with Crippen molar-refractivity contribution in [1.29, 1.82) is 0 Å². The lowest BCUT2D eigenvalue weighted by atomic mass is 9.80. The highest BCUT2D eigenvalue weighted by atomic mass is 32.1. The number of thiazole rings is 1. The number of fused-ring (bicyclic) bond motifs is 2. The van der Waals surface area contributed by atoms with Crippen LogP contribution in [-0.4, -0.2) is 138 Å². The SMILES string of the molecule is Cc1ncsc1-c1ccc(CNC(=O)[C@@H]2C[C@@H](O)CN2C(=O)[C@@H](NC(=O)C2(F)CC2)C2CCC(N(C)CCCC#Cc3cnc(N4C5CCC4CN(c4cc(-c6ccccc6O)nnc4N)C5)nc3)CC2)cc1. The fourth-order valence-corrected chi connectivity index (χ4v) is 12.0. The summed E-state index contributed by atoms with van der Waals surface area (Å²) in [4.78, 5) is 64.5. The predicted molar refractivity (Wildman–Crippen MR) is 277 cm³/mol. The fourth-order valence-electron chi connectivity index (χ4n) is 11.2. The number of unbranched alkanes of at least 4 members (excludes halogenated alkanes) is 1. The van der Waals surface area contributed by atoms with Crippen LogP contribution in [0.15, 0.2) is 72.5 Å². The Hall–Kier alpha value is -6.75. The van der Waals surface area contributed by atoms with Crippen LogP contribution in [0.1, 0.15) is 87.4 Å². The van der Waals surface area contributed by atoms with E-state index in [1.54, 1.807) is 35.9 Å². The Balaban J connectivity index is 0.693. The molecule has 382 valence electrons. The van der Waals surface area contributed by atoms with Crippen molar-refractivity contribution in [3.63, 3.8) is 0 Å². The maximum Gasteiger partial charge on any atom is 0.258 e. The summed E-state index contributed by atoms with van der Waals surface area (Å²) in [5.74, 6) is 5.85. The molecule has 73 heavy (non-hydrogen) atoms. The first-order valence-electron chi connectivity index (χ1n) is 25.5. The van der Waals surface area contributed by atoms with E-state index < -0.39 is 35.7 Å². The minimum atomic E-state index is -1.97. The van der Waals surface area contributed by atoms with Gasteiger partial charge in [-0.05, 0) is 114 Å². The number of aliphatic hydroxyl groups is 1. The number of nitrogen functional groups attached to an aromatic ring is 1. The van der Waals surface area contributed by atoms with Crippen LogP contribution in [-0.2, 0) is 20.9 Å². The van der Waals surface area contributed by atoms with Gasteiger partial charge < -0.3 is 46.2 Å². The van der Waals surface area contributed by atoms with Crippen LogP contribution < -0.4 is 26.2 Å². The average molecular weight is 1010 g/mol. The number of alkyl halides is 1. The van der Waals surface area contributed by atoms with Gasteiger partial charge in [0.15, 0.2) is 11.5 Å². The number of carbonyl (C=O) groups is 3. The van der Waals surface area contributed by atoms with E-state index in [-0.39, 0.29) is 68.1 Å². The van der Waals surface area contributed by atoms with Crippen molar-refractivity contribution in [1.82, 2.24) is 45.6 Å². The summed E-state index contributed by atoms with van der Waals surface area (Å²) < 4.78 is 15.1. The topological polar surface area (TPSA) is 219 Å². The number of phenols is 1. The summed E-state index contributed by atoms with van der Waals surface area (Å²) in [7, 11) is 2.10. The predicted octanol–water partition coefficient (Wildman–Crippen LogP) is 5.40. The Morgan fingerprint density at radius 2 is 1.70 bits per heavy atom. The van der Waals surface area contributed by atoms with E-state index >= 15 is 4.39 Å².